The number of carbonyl (C=O) groups is 1. The summed E-state index contributed by atoms with van der Waals surface area (Å²) in [5.41, 5.74) is 0.929. The Labute approximate surface area is 152 Å². The maximum Gasteiger partial charge on any atom is 0.244 e. The molecule has 0 radical (unpaired) electrons. The van der Waals surface area contributed by atoms with Gasteiger partial charge in [0.25, 0.3) is 0 Å². The van der Waals surface area contributed by atoms with Gasteiger partial charge < -0.3 is 10.1 Å². The van der Waals surface area contributed by atoms with Crippen LogP contribution in [0.5, 0.6) is 5.75 Å². The van der Waals surface area contributed by atoms with Crippen molar-refractivity contribution in [1.29, 1.82) is 0 Å². The topological polar surface area (TPSA) is 38.3 Å². The summed E-state index contributed by atoms with van der Waals surface area (Å²) >= 11 is 0. The molecule has 1 N–H and O–H groups in total. The molecule has 1 aromatic carbocycles. The molecule has 1 amide bonds. The van der Waals surface area contributed by atoms with Crippen LogP contribution in [0.4, 0.5) is 0 Å². The maximum atomic E-state index is 12.3. The predicted molar refractivity (Wildman–Crippen MR) is 105 cm³/mol. The number of hydrogen-bond acceptors (Lipinski definition) is 2. The molecule has 0 unspecified atom stereocenters. The number of para-hydroxylation sites is 1. The molecule has 2 rings (SSSR count). The minimum Gasteiger partial charge on any atom is -0.496 e. The molecule has 0 atom stereocenters. The highest BCUT2D eigenvalue weighted by Crippen LogP contribution is 2.19. The van der Waals surface area contributed by atoms with E-state index in [9.17, 15) is 4.79 Å². The van der Waals surface area contributed by atoms with Crippen molar-refractivity contribution in [3.8, 4) is 5.75 Å². The van der Waals surface area contributed by atoms with E-state index in [0.29, 0.717) is 6.04 Å². The second kappa shape index (κ2) is 11.7. The monoisotopic (exact) mass is 343 g/mol. The summed E-state index contributed by atoms with van der Waals surface area (Å²) in [7, 11) is 1.65. The fourth-order valence-corrected chi connectivity index (χ4v) is 3.53. The van der Waals surface area contributed by atoms with E-state index in [1.165, 1.54) is 57.8 Å². The fourth-order valence-electron chi connectivity index (χ4n) is 3.53. The first-order valence-electron chi connectivity index (χ1n) is 9.91. The first-order valence-corrected chi connectivity index (χ1v) is 9.91. The zero-order chi connectivity index (χ0) is 17.7. The number of methoxy groups -OCH3 is 1. The number of rotatable bonds is 4. The van der Waals surface area contributed by atoms with E-state index >= 15 is 0 Å². The smallest absolute Gasteiger partial charge is 0.244 e. The Kier molecular flexibility index (Phi) is 9.17. The van der Waals surface area contributed by atoms with Gasteiger partial charge in [-0.2, -0.15) is 0 Å². The average molecular weight is 344 g/mol. The van der Waals surface area contributed by atoms with Crippen molar-refractivity contribution in [3.63, 3.8) is 0 Å². The van der Waals surface area contributed by atoms with E-state index in [4.69, 9.17) is 4.74 Å². The van der Waals surface area contributed by atoms with Crippen LogP contribution in [0.1, 0.15) is 76.2 Å². The van der Waals surface area contributed by atoms with Gasteiger partial charge in [0.2, 0.25) is 5.91 Å². The van der Waals surface area contributed by atoms with Crippen LogP contribution in [-0.2, 0) is 4.79 Å². The minimum atomic E-state index is 0.00278. The third-order valence-corrected chi connectivity index (χ3v) is 5.00. The van der Waals surface area contributed by atoms with E-state index in [1.54, 1.807) is 13.2 Å². The van der Waals surface area contributed by atoms with Crippen LogP contribution in [0.3, 0.4) is 0 Å². The van der Waals surface area contributed by atoms with Gasteiger partial charge in [-0.25, -0.2) is 0 Å². The molecule has 1 saturated carbocycles. The Hall–Kier alpha value is -1.77. The van der Waals surface area contributed by atoms with E-state index in [-0.39, 0.29) is 5.91 Å². The lowest BCUT2D eigenvalue weighted by Crippen LogP contribution is -2.33. The first kappa shape index (κ1) is 19.6. The quantitative estimate of drug-likeness (QED) is 0.733. The molecule has 0 spiro atoms. The summed E-state index contributed by atoms with van der Waals surface area (Å²) < 4.78 is 5.32. The molecule has 3 heteroatoms. The number of nitrogens with one attached hydrogen (secondary N) is 1. The summed E-state index contributed by atoms with van der Waals surface area (Å²) in [4.78, 5) is 12.3. The van der Waals surface area contributed by atoms with Crippen LogP contribution in [0, 0.1) is 0 Å². The Morgan fingerprint density at radius 1 is 0.960 bits per heavy atom. The average Bonchev–Trinajstić information content (AvgIpc) is 2.62. The van der Waals surface area contributed by atoms with Crippen molar-refractivity contribution in [3.05, 3.63) is 35.9 Å². The molecule has 0 saturated heterocycles. The standard InChI is InChI=1S/C22H33NO2/c1-25-21-16-12-11-13-19(21)17-18-22(24)23-20-14-9-7-5-3-2-4-6-8-10-15-20/h11-13,16-18,20H,2-10,14-15H2,1H3,(H,23,24)/b18-17+. The lowest BCUT2D eigenvalue weighted by atomic mass is 9.98. The van der Waals surface area contributed by atoms with Crippen molar-refractivity contribution in [2.45, 2.75) is 76.7 Å². The van der Waals surface area contributed by atoms with Gasteiger partial charge in [-0.05, 0) is 25.0 Å². The minimum absolute atomic E-state index is 0.00278. The normalized spacial score (nSPS) is 18.3. The first-order chi connectivity index (χ1) is 12.3. The molecule has 1 aliphatic carbocycles. The highest BCUT2D eigenvalue weighted by atomic mass is 16.5. The lowest BCUT2D eigenvalue weighted by molar-refractivity contribution is -0.117. The zero-order valence-corrected chi connectivity index (χ0v) is 15.6. The zero-order valence-electron chi connectivity index (χ0n) is 15.6. The molecular formula is C22H33NO2. The number of amides is 1. The van der Waals surface area contributed by atoms with Crippen LogP contribution < -0.4 is 10.1 Å². The van der Waals surface area contributed by atoms with Crippen molar-refractivity contribution in [1.82, 2.24) is 5.32 Å². The van der Waals surface area contributed by atoms with E-state index in [1.807, 2.05) is 30.3 Å². The molecule has 1 aliphatic rings. The molecule has 1 aromatic rings. The van der Waals surface area contributed by atoms with Gasteiger partial charge in [0.15, 0.2) is 0 Å². The van der Waals surface area contributed by atoms with Gasteiger partial charge in [0, 0.05) is 17.7 Å². The molecule has 0 heterocycles. The van der Waals surface area contributed by atoms with E-state index in [2.05, 4.69) is 5.32 Å². The summed E-state index contributed by atoms with van der Waals surface area (Å²) in [5.74, 6) is 0.792. The third-order valence-electron chi connectivity index (χ3n) is 5.00. The highest BCUT2D eigenvalue weighted by Gasteiger charge is 2.11. The van der Waals surface area contributed by atoms with Gasteiger partial charge in [0.1, 0.15) is 5.75 Å². The van der Waals surface area contributed by atoms with Crippen LogP contribution in [0.15, 0.2) is 30.3 Å². The third kappa shape index (κ3) is 7.76. The van der Waals surface area contributed by atoms with Gasteiger partial charge >= 0.3 is 0 Å². The Balaban J connectivity index is 1.86. The molecule has 0 bridgehead atoms. The molecular weight excluding hydrogens is 310 g/mol. The number of benzene rings is 1. The van der Waals surface area contributed by atoms with Crippen molar-refractivity contribution in [2.75, 3.05) is 7.11 Å². The van der Waals surface area contributed by atoms with Gasteiger partial charge in [0.05, 0.1) is 7.11 Å². The van der Waals surface area contributed by atoms with E-state index in [0.717, 1.165) is 24.2 Å². The van der Waals surface area contributed by atoms with Crippen LogP contribution in [0.2, 0.25) is 0 Å². The fraction of sp³-hybridized carbons (Fsp3) is 0.591. The van der Waals surface area contributed by atoms with Crippen molar-refractivity contribution >= 4 is 12.0 Å². The van der Waals surface area contributed by atoms with Crippen molar-refractivity contribution in [2.24, 2.45) is 0 Å². The number of ether oxygens (including phenoxy) is 1. The molecule has 25 heavy (non-hydrogen) atoms. The van der Waals surface area contributed by atoms with Gasteiger partial charge in [-0.15, -0.1) is 0 Å². The van der Waals surface area contributed by atoms with Crippen molar-refractivity contribution < 1.29 is 9.53 Å². The molecule has 3 nitrogen and oxygen atoms in total. The van der Waals surface area contributed by atoms with Crippen LogP contribution in [-0.4, -0.2) is 19.1 Å². The molecule has 0 aromatic heterocycles. The van der Waals surface area contributed by atoms with E-state index < -0.39 is 0 Å². The Morgan fingerprint density at radius 3 is 2.12 bits per heavy atom. The SMILES string of the molecule is COc1ccccc1/C=C/C(=O)NC1CCCCCCCCCCC1. The summed E-state index contributed by atoms with van der Waals surface area (Å²) in [6.07, 6.45) is 17.5. The van der Waals surface area contributed by atoms with Crippen LogP contribution in [0.25, 0.3) is 6.08 Å². The Bertz CT molecular complexity index is 527. The molecule has 0 aliphatic heterocycles. The summed E-state index contributed by atoms with van der Waals surface area (Å²) in [6.45, 7) is 0. The van der Waals surface area contributed by atoms with Gasteiger partial charge in [-0.3, -0.25) is 4.79 Å². The van der Waals surface area contributed by atoms with Gasteiger partial charge in [-0.1, -0.05) is 76.0 Å². The number of hydrogen-bond donors (Lipinski definition) is 1. The second-order valence-corrected chi connectivity index (χ2v) is 7.04. The summed E-state index contributed by atoms with van der Waals surface area (Å²) in [5, 5.41) is 3.21. The maximum absolute atomic E-state index is 12.3. The Morgan fingerprint density at radius 2 is 1.52 bits per heavy atom. The largest absolute Gasteiger partial charge is 0.496 e. The number of carbonyl (C=O) groups excluding carboxylic acids is 1. The molecule has 1 fully saturated rings. The van der Waals surface area contributed by atoms with Crippen LogP contribution >= 0.6 is 0 Å². The summed E-state index contributed by atoms with van der Waals surface area (Å²) in [6, 6.07) is 8.06. The second-order valence-electron chi connectivity index (χ2n) is 7.04. The highest BCUT2D eigenvalue weighted by molar-refractivity contribution is 5.92. The lowest BCUT2D eigenvalue weighted by Gasteiger charge is -2.18. The predicted octanol–water partition coefficient (Wildman–Crippen LogP) is 5.50. The molecule has 138 valence electrons.